The van der Waals surface area contributed by atoms with Crippen LogP contribution in [0.1, 0.15) is 210 Å². The molecule has 2 aromatic carbocycles. The molecule has 4 N–H and O–H groups in total. The summed E-state index contributed by atoms with van der Waals surface area (Å²) in [5.41, 5.74) is 14.5. The van der Waals surface area contributed by atoms with Gasteiger partial charge in [0.1, 0.15) is 11.6 Å². The molecule has 0 aliphatic rings. The van der Waals surface area contributed by atoms with E-state index in [1.807, 2.05) is 76.2 Å². The number of carbonyl (C=O) groups excluding carboxylic acids is 4. The first-order valence-corrected chi connectivity index (χ1v) is 30.4. The minimum absolute atomic E-state index is 0.0180. The van der Waals surface area contributed by atoms with E-state index in [1.54, 1.807) is 13.8 Å². The number of ether oxygens (including phenoxy) is 5. The van der Waals surface area contributed by atoms with E-state index < -0.39 is 34.7 Å². The Hall–Kier alpha value is -10.2. The number of hydrogen-bond donors (Lipinski definition) is 2. The number of benzene rings is 2. The highest BCUT2D eigenvalue weighted by Crippen LogP contribution is 2.42. The molecule has 7 rings (SSSR count). The first-order valence-electron chi connectivity index (χ1n) is 30.4. The monoisotopic (exact) mass is 1250 g/mol. The van der Waals surface area contributed by atoms with Gasteiger partial charge in [-0.1, -0.05) is 108 Å². The van der Waals surface area contributed by atoms with Gasteiger partial charge in [-0.05, 0) is 82.3 Å². The van der Waals surface area contributed by atoms with Crippen molar-refractivity contribution in [2.75, 3.05) is 44.5 Å². The molecule has 28 heteroatoms. The van der Waals surface area contributed by atoms with E-state index in [1.165, 1.54) is 55.1 Å². The van der Waals surface area contributed by atoms with E-state index >= 15 is 0 Å². The number of carbonyl (C=O) groups is 4. The summed E-state index contributed by atoms with van der Waals surface area (Å²) >= 11 is 0. The zero-order valence-electron chi connectivity index (χ0n) is 54.0. The van der Waals surface area contributed by atoms with Gasteiger partial charge in [0.25, 0.3) is 17.6 Å². The largest absolute Gasteiger partial charge is 0.463 e. The van der Waals surface area contributed by atoms with Crippen LogP contribution in [0.4, 0.5) is 40.3 Å². The highest BCUT2D eigenvalue weighted by molar-refractivity contribution is 5.97. The second kappa shape index (κ2) is 30.3. The zero-order chi connectivity index (χ0) is 66.3. The number of unbranched alkanes of at least 4 members (excludes halogenated alkanes) is 5. The molecule has 0 aliphatic heterocycles. The Balaban J connectivity index is 1.36. The lowest BCUT2D eigenvalue weighted by molar-refractivity contribution is 0.0479. The van der Waals surface area contributed by atoms with Gasteiger partial charge in [-0.25, -0.2) is 33.4 Å². The normalized spacial score (nSPS) is 11.7. The Morgan fingerprint density at radius 1 is 0.527 bits per heavy atom. The van der Waals surface area contributed by atoms with Gasteiger partial charge >= 0.3 is 29.9 Å². The van der Waals surface area contributed by atoms with Crippen LogP contribution < -0.4 is 16.2 Å². The number of aromatic nitrogens is 11. The molecule has 28 nitrogen and oxygen atoms in total. The Morgan fingerprint density at radius 3 is 1.25 bits per heavy atom. The Kier molecular flexibility index (Phi) is 22.7. The number of rotatable bonds is 28. The van der Waals surface area contributed by atoms with Gasteiger partial charge in [-0.2, -0.15) is 50.0 Å². The van der Waals surface area contributed by atoms with Gasteiger partial charge in [-0.3, -0.25) is 0 Å². The minimum atomic E-state index is -0.780. The Morgan fingerprint density at radius 2 is 0.890 bits per heavy atom. The number of nitrogens with zero attached hydrogens (tertiary/aromatic N) is 17. The molecule has 7 aromatic rings. The molecule has 5 heterocycles. The average Bonchev–Trinajstić information content (AvgIpc) is 1.66. The molecule has 480 valence electrons. The third-order valence-corrected chi connectivity index (χ3v) is 13.9. The second-order valence-corrected chi connectivity index (χ2v) is 23.4. The van der Waals surface area contributed by atoms with Gasteiger partial charge < -0.3 is 35.2 Å². The summed E-state index contributed by atoms with van der Waals surface area (Å²) in [7, 11) is 0. The molecule has 0 saturated carbocycles. The topological polar surface area (TPSA) is 354 Å². The second-order valence-electron chi connectivity index (χ2n) is 23.4. The van der Waals surface area contributed by atoms with Crippen LogP contribution in [0.15, 0.2) is 56.9 Å². The smallest absolute Gasteiger partial charge is 0.338 e. The first kappa shape index (κ1) is 68.2. The lowest BCUT2D eigenvalue weighted by Crippen LogP contribution is -2.17. The van der Waals surface area contributed by atoms with E-state index in [0.717, 1.165) is 32.1 Å². The van der Waals surface area contributed by atoms with Crippen LogP contribution in [0.2, 0.25) is 0 Å². The van der Waals surface area contributed by atoms with Crippen LogP contribution in [0, 0.1) is 31.8 Å². The number of aryl methyl sites for hydroxylation is 2. The number of hydrogen-bond acceptors (Lipinski definition) is 23. The van der Waals surface area contributed by atoms with Gasteiger partial charge in [0.15, 0.2) is 34.6 Å². The lowest BCUT2D eigenvalue weighted by atomic mass is 9.91. The summed E-state index contributed by atoms with van der Waals surface area (Å²) in [6.45, 7) is 33.4. The third-order valence-electron chi connectivity index (χ3n) is 13.9. The van der Waals surface area contributed by atoms with Crippen LogP contribution in [0.5, 0.6) is 6.01 Å². The maximum absolute atomic E-state index is 13.5. The van der Waals surface area contributed by atoms with Crippen LogP contribution in [0.3, 0.4) is 0 Å². The summed E-state index contributed by atoms with van der Waals surface area (Å²) in [5, 5.41) is 48.2. The molecular formula is C63H79N19O9. The number of anilines is 2. The van der Waals surface area contributed by atoms with Crippen LogP contribution in [0.25, 0.3) is 28.1 Å². The minimum Gasteiger partial charge on any atom is -0.463 e. The third kappa shape index (κ3) is 16.2. The lowest BCUT2D eigenvalue weighted by Gasteiger charge is -2.15. The highest BCUT2D eigenvalue weighted by Gasteiger charge is 2.32. The van der Waals surface area contributed by atoms with Crippen molar-refractivity contribution in [3.05, 3.63) is 98.4 Å². The van der Waals surface area contributed by atoms with E-state index in [0.29, 0.717) is 43.5 Å². The van der Waals surface area contributed by atoms with Crippen molar-refractivity contribution in [1.82, 2.24) is 54.1 Å². The van der Waals surface area contributed by atoms with Gasteiger partial charge in [0, 0.05) is 10.8 Å². The van der Waals surface area contributed by atoms with E-state index in [-0.39, 0.29) is 142 Å². The first-order chi connectivity index (χ1) is 43.4. The van der Waals surface area contributed by atoms with E-state index in [9.17, 15) is 24.4 Å². The van der Waals surface area contributed by atoms with Crippen molar-refractivity contribution in [2.24, 2.45) is 20.5 Å². The van der Waals surface area contributed by atoms with Crippen molar-refractivity contribution < 1.29 is 42.9 Å². The molecule has 0 unspecified atom stereocenters. The van der Waals surface area contributed by atoms with Gasteiger partial charge in [-0.15, -0.1) is 20.5 Å². The van der Waals surface area contributed by atoms with Crippen LogP contribution >= 0.6 is 0 Å². The van der Waals surface area contributed by atoms with Crippen molar-refractivity contribution in [1.29, 1.82) is 5.26 Å². The fraction of sp³-hybridized carbons (Fsp3) is 0.476. The summed E-state index contributed by atoms with van der Waals surface area (Å²) in [6, 6.07) is 10.7. The molecule has 0 saturated heterocycles. The Bertz CT molecular complexity index is 3630. The summed E-state index contributed by atoms with van der Waals surface area (Å²) < 4.78 is 33.4. The quantitative estimate of drug-likeness (QED) is 0.0151. The highest BCUT2D eigenvalue weighted by atomic mass is 16.5. The number of nitrogen functional groups attached to an aromatic ring is 2. The maximum atomic E-state index is 13.5. The van der Waals surface area contributed by atoms with Crippen molar-refractivity contribution in [2.45, 2.75) is 165 Å². The number of esters is 4. The summed E-state index contributed by atoms with van der Waals surface area (Å²) in [5.74, 6) is -3.31. The predicted molar refractivity (Wildman–Crippen MR) is 337 cm³/mol. The van der Waals surface area contributed by atoms with Crippen molar-refractivity contribution >= 4 is 64.2 Å². The SMILES string of the molecule is [C-]#[N+]c1c(C)nn(-c2cc(C(=O)OCCCC)cc(C(=O)OCCCC)c2)c1N=Nc1c(C(C)(C)C)nn(-c2nc(OCCCC)nc(-n3nc(C(C)(C)C)c(N=Nc4c(C#N)c(C)nn4-c4cc(C(=O)OCCCC)cc(C(=O)OCCCC)c4)c3N)n2)c1N. The maximum Gasteiger partial charge on any atom is 0.338 e. The number of nitriles is 1. The fourth-order valence-corrected chi connectivity index (χ4v) is 8.78. The molecule has 0 atom stereocenters. The molecule has 0 amide bonds. The van der Waals surface area contributed by atoms with Crippen LogP contribution in [-0.4, -0.2) is 111 Å². The van der Waals surface area contributed by atoms with Crippen LogP contribution in [-0.2, 0) is 29.8 Å². The van der Waals surface area contributed by atoms with E-state index in [4.69, 9.17) is 56.9 Å². The number of nitrogens with two attached hydrogens (primary N) is 2. The number of azo groups is 2. The van der Waals surface area contributed by atoms with Crippen molar-refractivity contribution in [3.8, 4) is 35.4 Å². The Labute approximate surface area is 528 Å². The van der Waals surface area contributed by atoms with E-state index in [2.05, 4.69) is 51.5 Å². The molecule has 0 radical (unpaired) electrons. The summed E-state index contributed by atoms with van der Waals surface area (Å²) in [4.78, 5) is 71.7. The molecule has 0 aliphatic carbocycles. The molecule has 0 bridgehead atoms. The van der Waals surface area contributed by atoms with Gasteiger partial charge in [0.2, 0.25) is 0 Å². The zero-order valence-corrected chi connectivity index (χ0v) is 54.0. The molecule has 5 aromatic heterocycles. The molecular weight excluding hydrogens is 1170 g/mol. The van der Waals surface area contributed by atoms with Crippen molar-refractivity contribution in [3.63, 3.8) is 0 Å². The van der Waals surface area contributed by atoms with Gasteiger partial charge in [0.05, 0.1) is 96.0 Å². The standard InChI is InChI=1S/C63H79N19O9/c1-15-20-25-87-55(83)39-30-40(56(84)88-26-21-16-2)33-43(32-39)79-53(45(36-64)37(6)75-79)73-71-47-49(62(8,9)10)77-81(51(47)65)59-68-60(70-61(69-59)91-29-24-19-5)82-52(66)48(50(78-82)63(11,12)13)72-74-54-46(67-14)38(7)76-80(54)44-34-41(57(85)89-27-22-17-3)31-42(35-44)58(86)90-28-23-18-4/h30-35H,15-29,65-66H2,1-13H3. The predicted octanol–water partition coefficient (Wildman–Crippen LogP) is 13.3. The fourth-order valence-electron chi connectivity index (χ4n) is 8.78. The molecule has 91 heavy (non-hydrogen) atoms. The summed E-state index contributed by atoms with van der Waals surface area (Å²) in [6.07, 6.45) is 7.09. The average molecular weight is 1250 g/mol. The molecule has 0 fully saturated rings. The molecule has 0 spiro atoms.